The van der Waals surface area contributed by atoms with E-state index in [1.807, 2.05) is 24.3 Å². The Morgan fingerprint density at radius 3 is 2.10 bits per heavy atom. The maximum atomic E-state index is 12.8. The van der Waals surface area contributed by atoms with E-state index in [0.717, 1.165) is 32.1 Å². The first-order valence-corrected chi connectivity index (χ1v) is 10.6. The van der Waals surface area contributed by atoms with Gasteiger partial charge in [0.2, 0.25) is 17.5 Å². The number of amides is 1. The van der Waals surface area contributed by atoms with Crippen molar-refractivity contribution in [3.05, 3.63) is 71.8 Å². The number of Topliss-reactive ketones (excluding diaryl/α,β-unsaturated/α-hetero) is 2. The summed E-state index contributed by atoms with van der Waals surface area (Å²) in [6, 6.07) is 18.9. The van der Waals surface area contributed by atoms with Crippen molar-refractivity contribution in [2.75, 3.05) is 6.54 Å². The molecule has 2 aromatic carbocycles. The zero-order valence-corrected chi connectivity index (χ0v) is 16.8. The molecule has 4 heteroatoms. The highest BCUT2D eigenvalue weighted by molar-refractivity contribution is 6.44. The summed E-state index contributed by atoms with van der Waals surface area (Å²) < 4.78 is 0. The van der Waals surface area contributed by atoms with Gasteiger partial charge in [-0.25, -0.2) is 0 Å². The third-order valence-electron chi connectivity index (χ3n) is 5.73. The summed E-state index contributed by atoms with van der Waals surface area (Å²) >= 11 is 0. The highest BCUT2D eigenvalue weighted by Crippen LogP contribution is 2.32. The van der Waals surface area contributed by atoms with Crippen molar-refractivity contribution >= 4 is 17.5 Å². The van der Waals surface area contributed by atoms with E-state index >= 15 is 0 Å². The summed E-state index contributed by atoms with van der Waals surface area (Å²) in [5.41, 5.74) is 1.71. The number of aryl methyl sites for hydroxylation is 1. The minimum absolute atomic E-state index is 0.0800. The average molecular weight is 392 g/mol. The summed E-state index contributed by atoms with van der Waals surface area (Å²) in [4.78, 5) is 38.1. The fourth-order valence-corrected chi connectivity index (χ4v) is 4.10. The van der Waals surface area contributed by atoms with Crippen molar-refractivity contribution in [2.45, 2.75) is 44.9 Å². The third kappa shape index (κ3) is 5.86. The second-order valence-electron chi connectivity index (χ2n) is 7.79. The van der Waals surface area contributed by atoms with E-state index in [0.29, 0.717) is 24.9 Å². The van der Waals surface area contributed by atoms with Gasteiger partial charge in [-0.05, 0) is 37.7 Å². The fourth-order valence-electron chi connectivity index (χ4n) is 4.10. The smallest absolute Gasteiger partial charge is 0.228 e. The van der Waals surface area contributed by atoms with Gasteiger partial charge in [0.25, 0.3) is 0 Å². The maximum Gasteiger partial charge on any atom is 0.228 e. The quantitative estimate of drug-likeness (QED) is 0.392. The lowest BCUT2D eigenvalue weighted by molar-refractivity contribution is -0.133. The number of rotatable bonds is 9. The van der Waals surface area contributed by atoms with Crippen LogP contribution in [0.1, 0.15) is 54.4 Å². The van der Waals surface area contributed by atoms with Crippen molar-refractivity contribution in [1.82, 2.24) is 5.32 Å². The van der Waals surface area contributed by atoms with Crippen molar-refractivity contribution in [3.8, 4) is 0 Å². The van der Waals surface area contributed by atoms with Crippen LogP contribution in [0.4, 0.5) is 0 Å². The van der Waals surface area contributed by atoms with E-state index in [2.05, 4.69) is 17.4 Å². The molecule has 2 aromatic rings. The Balaban J connectivity index is 1.50. The van der Waals surface area contributed by atoms with Gasteiger partial charge in [0, 0.05) is 23.9 Å². The van der Waals surface area contributed by atoms with E-state index in [4.69, 9.17) is 0 Å². The molecule has 0 bridgehead atoms. The van der Waals surface area contributed by atoms with Gasteiger partial charge in [-0.15, -0.1) is 0 Å². The number of hydrogen-bond donors (Lipinski definition) is 1. The molecule has 1 amide bonds. The molecule has 0 saturated heterocycles. The van der Waals surface area contributed by atoms with E-state index in [1.165, 1.54) is 5.56 Å². The van der Waals surface area contributed by atoms with Crippen LogP contribution < -0.4 is 5.32 Å². The van der Waals surface area contributed by atoms with Crippen LogP contribution >= 0.6 is 0 Å². The second kappa shape index (κ2) is 10.7. The van der Waals surface area contributed by atoms with E-state index in [9.17, 15) is 14.4 Å². The molecule has 1 aliphatic carbocycles. The zero-order chi connectivity index (χ0) is 20.5. The van der Waals surface area contributed by atoms with Gasteiger partial charge in [0.15, 0.2) is 0 Å². The normalized spacial score (nSPS) is 18.8. The summed E-state index contributed by atoms with van der Waals surface area (Å²) in [5.74, 6) is -1.86. The number of unbranched alkanes of at least 4 members (excludes halogenated alkanes) is 1. The van der Waals surface area contributed by atoms with Crippen LogP contribution in [0.2, 0.25) is 0 Å². The van der Waals surface area contributed by atoms with E-state index < -0.39 is 23.4 Å². The van der Waals surface area contributed by atoms with Gasteiger partial charge in [-0.1, -0.05) is 73.5 Å². The summed E-state index contributed by atoms with van der Waals surface area (Å²) in [5, 5.41) is 3.00. The Morgan fingerprint density at radius 1 is 0.793 bits per heavy atom. The minimum atomic E-state index is -0.499. The van der Waals surface area contributed by atoms with E-state index in [1.54, 1.807) is 24.3 Å². The summed E-state index contributed by atoms with van der Waals surface area (Å²) in [6.07, 6.45) is 6.00. The number of benzene rings is 2. The molecule has 1 saturated carbocycles. The van der Waals surface area contributed by atoms with Crippen molar-refractivity contribution in [3.63, 3.8) is 0 Å². The molecule has 0 aromatic heterocycles. The van der Waals surface area contributed by atoms with Crippen LogP contribution in [0, 0.1) is 11.8 Å². The first kappa shape index (κ1) is 21.0. The predicted molar refractivity (Wildman–Crippen MR) is 114 cm³/mol. The minimum Gasteiger partial charge on any atom is -0.356 e. The molecule has 1 fully saturated rings. The molecule has 0 spiro atoms. The second-order valence-corrected chi connectivity index (χ2v) is 7.79. The van der Waals surface area contributed by atoms with Crippen molar-refractivity contribution in [1.29, 1.82) is 0 Å². The van der Waals surface area contributed by atoms with Crippen LogP contribution in [0.5, 0.6) is 0 Å². The molecule has 29 heavy (non-hydrogen) atoms. The number of ketones is 2. The van der Waals surface area contributed by atoms with Gasteiger partial charge in [0.05, 0.1) is 0 Å². The highest BCUT2D eigenvalue weighted by atomic mass is 16.2. The summed E-state index contributed by atoms with van der Waals surface area (Å²) in [7, 11) is 0. The molecular formula is C25H29NO3. The molecule has 2 atom stereocenters. The lowest BCUT2D eigenvalue weighted by Gasteiger charge is -2.29. The Bertz CT molecular complexity index is 816. The molecule has 3 rings (SSSR count). The molecule has 0 radical (unpaired) electrons. The predicted octanol–water partition coefficient (Wildman–Crippen LogP) is 4.38. The van der Waals surface area contributed by atoms with Crippen molar-refractivity contribution < 1.29 is 14.4 Å². The average Bonchev–Trinajstić information content (AvgIpc) is 2.79. The monoisotopic (exact) mass is 391 g/mol. The highest BCUT2D eigenvalue weighted by Gasteiger charge is 2.38. The third-order valence-corrected chi connectivity index (χ3v) is 5.73. The molecule has 4 nitrogen and oxygen atoms in total. The van der Waals surface area contributed by atoms with Crippen LogP contribution in [-0.2, 0) is 16.0 Å². The molecule has 2 unspecified atom stereocenters. The van der Waals surface area contributed by atoms with E-state index in [-0.39, 0.29) is 5.91 Å². The zero-order valence-electron chi connectivity index (χ0n) is 16.8. The lowest BCUT2D eigenvalue weighted by Crippen LogP contribution is -2.42. The van der Waals surface area contributed by atoms with Gasteiger partial charge < -0.3 is 5.32 Å². The molecule has 1 aliphatic rings. The number of nitrogens with one attached hydrogen (secondary N) is 1. The number of carbonyl (C=O) groups is 3. The van der Waals surface area contributed by atoms with Crippen LogP contribution in [-0.4, -0.2) is 24.0 Å². The largest absolute Gasteiger partial charge is 0.356 e. The number of hydrogen-bond acceptors (Lipinski definition) is 3. The van der Waals surface area contributed by atoms with Gasteiger partial charge >= 0.3 is 0 Å². The lowest BCUT2D eigenvalue weighted by atomic mass is 9.75. The topological polar surface area (TPSA) is 63.2 Å². The first-order valence-electron chi connectivity index (χ1n) is 10.6. The van der Waals surface area contributed by atoms with Gasteiger partial charge in [-0.2, -0.15) is 0 Å². The molecular weight excluding hydrogens is 362 g/mol. The van der Waals surface area contributed by atoms with Crippen LogP contribution in [0.3, 0.4) is 0 Å². The molecule has 0 aliphatic heterocycles. The standard InChI is InChI=1S/C25H29NO3/c27-23(20-14-5-2-6-15-20)24(28)21-16-7-8-17-22(21)25(29)26-18-10-9-13-19-11-3-1-4-12-19/h1-6,11-12,14-15,21-22H,7-10,13,16-18H2,(H,26,29). The first-order chi connectivity index (χ1) is 14.2. The SMILES string of the molecule is O=C(C(=O)C1CCCCC1C(=O)NCCCCc1ccccc1)c1ccccc1. The van der Waals surface area contributed by atoms with Crippen molar-refractivity contribution in [2.24, 2.45) is 11.8 Å². The Labute approximate surface area is 172 Å². The Hall–Kier alpha value is -2.75. The Kier molecular flexibility index (Phi) is 7.74. The van der Waals surface area contributed by atoms with Gasteiger partial charge in [0.1, 0.15) is 0 Å². The molecule has 1 N–H and O–H groups in total. The van der Waals surface area contributed by atoms with Crippen LogP contribution in [0.15, 0.2) is 60.7 Å². The maximum absolute atomic E-state index is 12.8. The molecule has 152 valence electrons. The number of carbonyl (C=O) groups excluding carboxylic acids is 3. The summed E-state index contributed by atoms with van der Waals surface area (Å²) in [6.45, 7) is 0.607. The van der Waals surface area contributed by atoms with Gasteiger partial charge in [-0.3, -0.25) is 14.4 Å². The van der Waals surface area contributed by atoms with Crippen LogP contribution in [0.25, 0.3) is 0 Å². The Morgan fingerprint density at radius 2 is 1.41 bits per heavy atom. The molecule has 0 heterocycles. The fraction of sp³-hybridized carbons (Fsp3) is 0.400.